The molecule has 0 bridgehead atoms. The Kier molecular flexibility index (Phi) is 3.30. The van der Waals surface area contributed by atoms with Crippen molar-refractivity contribution in [2.75, 3.05) is 11.9 Å². The van der Waals surface area contributed by atoms with Gasteiger partial charge in [0.05, 0.1) is 6.10 Å². The summed E-state index contributed by atoms with van der Waals surface area (Å²) in [4.78, 5) is 0. The van der Waals surface area contributed by atoms with Gasteiger partial charge >= 0.3 is 0 Å². The topological polar surface area (TPSA) is 21.3 Å². The molecule has 2 aliphatic rings. The van der Waals surface area contributed by atoms with Crippen molar-refractivity contribution in [3.8, 4) is 0 Å². The van der Waals surface area contributed by atoms with Crippen molar-refractivity contribution in [1.82, 2.24) is 0 Å². The predicted molar refractivity (Wildman–Crippen MR) is 79.7 cm³/mol. The molecule has 2 heteroatoms. The maximum Gasteiger partial charge on any atom is 0.0665 e. The van der Waals surface area contributed by atoms with Gasteiger partial charge in [0.15, 0.2) is 0 Å². The summed E-state index contributed by atoms with van der Waals surface area (Å²) in [6, 6.07) is 7.43. The van der Waals surface area contributed by atoms with Gasteiger partial charge in [-0.1, -0.05) is 19.9 Å². The van der Waals surface area contributed by atoms with Crippen LogP contribution >= 0.6 is 0 Å². The van der Waals surface area contributed by atoms with E-state index in [9.17, 15) is 0 Å². The minimum absolute atomic E-state index is 0.231. The van der Waals surface area contributed by atoms with E-state index in [2.05, 4.69) is 44.3 Å². The Labute approximate surface area is 116 Å². The second-order valence-electron chi connectivity index (χ2n) is 6.54. The Morgan fingerprint density at radius 3 is 2.79 bits per heavy atom. The molecule has 1 aromatic carbocycles. The fraction of sp³-hybridized carbons (Fsp3) is 0.647. The zero-order valence-electron chi connectivity index (χ0n) is 12.3. The van der Waals surface area contributed by atoms with Gasteiger partial charge in [-0.05, 0) is 55.9 Å². The third-order valence-corrected chi connectivity index (χ3v) is 4.98. The highest BCUT2D eigenvalue weighted by atomic mass is 16.5. The molecule has 0 saturated heterocycles. The van der Waals surface area contributed by atoms with E-state index in [0.29, 0.717) is 12.1 Å². The van der Waals surface area contributed by atoms with Crippen LogP contribution in [0.2, 0.25) is 0 Å². The number of hydrogen-bond donors (Lipinski definition) is 1. The molecule has 19 heavy (non-hydrogen) atoms. The minimum atomic E-state index is 0.231. The van der Waals surface area contributed by atoms with E-state index in [0.717, 1.165) is 13.0 Å². The van der Waals surface area contributed by atoms with Crippen LogP contribution in [0.5, 0.6) is 0 Å². The van der Waals surface area contributed by atoms with Crippen LogP contribution in [0.4, 0.5) is 5.69 Å². The zero-order chi connectivity index (χ0) is 13.5. The Morgan fingerprint density at radius 1 is 1.26 bits per heavy atom. The number of rotatable bonds is 4. The highest BCUT2D eigenvalue weighted by Gasteiger charge is 2.48. The zero-order valence-corrected chi connectivity index (χ0v) is 12.3. The summed E-state index contributed by atoms with van der Waals surface area (Å²) in [6.45, 7) is 7.51. The summed E-state index contributed by atoms with van der Waals surface area (Å²) in [6.07, 6.45) is 5.36. The lowest BCUT2D eigenvalue weighted by Crippen LogP contribution is -2.58. The molecule has 0 aliphatic heterocycles. The third-order valence-electron chi connectivity index (χ3n) is 4.98. The summed E-state index contributed by atoms with van der Waals surface area (Å²) in [7, 11) is 0. The number of aryl methyl sites for hydroxylation is 2. The van der Waals surface area contributed by atoms with Gasteiger partial charge in [-0.2, -0.15) is 0 Å². The van der Waals surface area contributed by atoms with Crippen molar-refractivity contribution < 1.29 is 4.74 Å². The first kappa shape index (κ1) is 13.0. The molecule has 0 aromatic heterocycles. The van der Waals surface area contributed by atoms with E-state index < -0.39 is 0 Å². The highest BCUT2D eigenvalue weighted by Crippen LogP contribution is 2.44. The Hall–Kier alpha value is -1.02. The van der Waals surface area contributed by atoms with E-state index in [1.165, 1.54) is 24.9 Å². The van der Waals surface area contributed by atoms with E-state index in [1.807, 2.05) is 0 Å². The number of ether oxygens (including phenoxy) is 1. The van der Waals surface area contributed by atoms with Crippen LogP contribution in [0, 0.1) is 5.41 Å². The quantitative estimate of drug-likeness (QED) is 0.888. The molecule has 1 fully saturated rings. The second kappa shape index (κ2) is 4.82. The first-order valence-corrected chi connectivity index (χ1v) is 7.61. The van der Waals surface area contributed by atoms with Crippen LogP contribution in [-0.4, -0.2) is 18.8 Å². The molecule has 0 radical (unpaired) electrons. The smallest absolute Gasteiger partial charge is 0.0665 e. The van der Waals surface area contributed by atoms with Gasteiger partial charge in [0.1, 0.15) is 0 Å². The molecular weight excluding hydrogens is 234 g/mol. The predicted octanol–water partition coefficient (Wildman–Crippen LogP) is 3.79. The molecule has 2 aliphatic carbocycles. The van der Waals surface area contributed by atoms with Gasteiger partial charge in [-0.3, -0.25) is 0 Å². The van der Waals surface area contributed by atoms with Crippen LogP contribution in [0.15, 0.2) is 18.2 Å². The highest BCUT2D eigenvalue weighted by molar-refractivity contribution is 5.51. The van der Waals surface area contributed by atoms with Crippen LogP contribution in [0.25, 0.3) is 0 Å². The lowest BCUT2D eigenvalue weighted by atomic mass is 9.64. The fourth-order valence-electron chi connectivity index (χ4n) is 3.48. The lowest BCUT2D eigenvalue weighted by Gasteiger charge is -2.52. The standard InChI is InChI=1S/C17H25NO/c1-4-19-16-11-15(17(16,2)3)18-14-9-8-12-6-5-7-13(12)10-14/h8-10,15-16,18H,4-7,11H2,1-3H3. The first-order chi connectivity index (χ1) is 9.11. The summed E-state index contributed by atoms with van der Waals surface area (Å²) in [5.41, 5.74) is 4.61. The summed E-state index contributed by atoms with van der Waals surface area (Å²) >= 11 is 0. The molecule has 2 nitrogen and oxygen atoms in total. The van der Waals surface area contributed by atoms with E-state index >= 15 is 0 Å². The van der Waals surface area contributed by atoms with Gasteiger partial charge in [0.2, 0.25) is 0 Å². The van der Waals surface area contributed by atoms with Crippen molar-refractivity contribution in [1.29, 1.82) is 0 Å². The molecule has 1 N–H and O–H groups in total. The summed E-state index contributed by atoms with van der Waals surface area (Å²) in [5, 5.41) is 3.71. The Balaban J connectivity index is 1.67. The van der Waals surface area contributed by atoms with Crippen LogP contribution in [0.3, 0.4) is 0 Å². The SMILES string of the molecule is CCOC1CC(Nc2ccc3c(c2)CCC3)C1(C)C. The molecule has 0 amide bonds. The second-order valence-corrected chi connectivity index (χ2v) is 6.54. The summed E-state index contributed by atoms with van der Waals surface area (Å²) in [5.74, 6) is 0. The molecule has 0 heterocycles. The largest absolute Gasteiger partial charge is 0.382 e. The number of hydrogen-bond acceptors (Lipinski definition) is 2. The molecule has 2 atom stereocenters. The van der Waals surface area contributed by atoms with Crippen molar-refractivity contribution in [2.24, 2.45) is 5.41 Å². The van der Waals surface area contributed by atoms with Crippen LogP contribution in [0.1, 0.15) is 44.7 Å². The Morgan fingerprint density at radius 2 is 2.05 bits per heavy atom. The normalized spacial score (nSPS) is 27.7. The van der Waals surface area contributed by atoms with Crippen LogP contribution in [-0.2, 0) is 17.6 Å². The maximum atomic E-state index is 5.80. The molecule has 1 aromatic rings. The average Bonchev–Trinajstić information content (AvgIpc) is 2.85. The average molecular weight is 259 g/mol. The molecular formula is C17H25NO. The molecule has 1 saturated carbocycles. The summed E-state index contributed by atoms with van der Waals surface area (Å²) < 4.78 is 5.80. The van der Waals surface area contributed by atoms with Gasteiger partial charge < -0.3 is 10.1 Å². The van der Waals surface area contributed by atoms with Crippen molar-refractivity contribution in [2.45, 2.75) is 58.6 Å². The van der Waals surface area contributed by atoms with Crippen LogP contribution < -0.4 is 5.32 Å². The Bertz CT molecular complexity index is 466. The minimum Gasteiger partial charge on any atom is -0.382 e. The van der Waals surface area contributed by atoms with Crippen molar-refractivity contribution in [3.63, 3.8) is 0 Å². The third kappa shape index (κ3) is 2.27. The fourth-order valence-corrected chi connectivity index (χ4v) is 3.48. The van der Waals surface area contributed by atoms with Crippen molar-refractivity contribution in [3.05, 3.63) is 29.3 Å². The molecule has 104 valence electrons. The first-order valence-electron chi connectivity index (χ1n) is 7.61. The number of benzene rings is 1. The van der Waals surface area contributed by atoms with Gasteiger partial charge in [0, 0.05) is 23.8 Å². The van der Waals surface area contributed by atoms with E-state index in [-0.39, 0.29) is 5.41 Å². The number of anilines is 1. The van der Waals surface area contributed by atoms with Crippen molar-refractivity contribution >= 4 is 5.69 Å². The monoisotopic (exact) mass is 259 g/mol. The van der Waals surface area contributed by atoms with Gasteiger partial charge in [0.25, 0.3) is 0 Å². The number of fused-ring (bicyclic) bond motifs is 1. The van der Waals surface area contributed by atoms with Gasteiger partial charge in [-0.15, -0.1) is 0 Å². The molecule has 2 unspecified atom stereocenters. The van der Waals surface area contributed by atoms with E-state index in [4.69, 9.17) is 4.74 Å². The van der Waals surface area contributed by atoms with Gasteiger partial charge in [-0.25, -0.2) is 0 Å². The molecule has 0 spiro atoms. The molecule has 3 rings (SSSR count). The number of nitrogens with one attached hydrogen (secondary N) is 1. The maximum absolute atomic E-state index is 5.80. The lowest BCUT2D eigenvalue weighted by molar-refractivity contribution is -0.0975. The van der Waals surface area contributed by atoms with E-state index in [1.54, 1.807) is 11.1 Å².